The summed E-state index contributed by atoms with van der Waals surface area (Å²) in [5.74, 6) is -0.854. The number of hydrogen-bond donors (Lipinski definition) is 3. The van der Waals surface area contributed by atoms with Crippen LogP contribution in [0, 0.1) is 0 Å². The van der Waals surface area contributed by atoms with Gasteiger partial charge < -0.3 is 11.1 Å². The van der Waals surface area contributed by atoms with Crippen LogP contribution in [0.3, 0.4) is 0 Å². The van der Waals surface area contributed by atoms with Gasteiger partial charge in [0.05, 0.1) is 0 Å². The quantitative estimate of drug-likeness (QED) is 0.394. The van der Waals surface area contributed by atoms with Gasteiger partial charge in [0.25, 0.3) is 0 Å². The highest BCUT2D eigenvalue weighted by molar-refractivity contribution is 5.84. The number of carbonyl (C=O) groups is 2. The summed E-state index contributed by atoms with van der Waals surface area (Å²) < 4.78 is 0. The zero-order valence-corrected chi connectivity index (χ0v) is 8.06. The van der Waals surface area contributed by atoms with Crippen molar-refractivity contribution in [3.8, 4) is 0 Å². The van der Waals surface area contributed by atoms with Crippen molar-refractivity contribution >= 4 is 11.8 Å². The van der Waals surface area contributed by atoms with E-state index >= 15 is 0 Å². The van der Waals surface area contributed by atoms with Crippen molar-refractivity contribution in [1.82, 2.24) is 10.4 Å². The monoisotopic (exact) mass is 201 g/mol. The first-order chi connectivity index (χ1) is 6.54. The molecular formula is C8H15N3O3. The third kappa shape index (κ3) is 2.97. The van der Waals surface area contributed by atoms with Crippen LogP contribution in [0.15, 0.2) is 0 Å². The van der Waals surface area contributed by atoms with Crippen molar-refractivity contribution < 1.29 is 14.8 Å². The maximum absolute atomic E-state index is 11.1. The summed E-state index contributed by atoms with van der Waals surface area (Å²) >= 11 is 0. The Bertz CT molecular complexity index is 244. The minimum atomic E-state index is -0.472. The van der Waals surface area contributed by atoms with E-state index in [1.165, 1.54) is 0 Å². The van der Waals surface area contributed by atoms with Crippen LogP contribution in [0.4, 0.5) is 0 Å². The van der Waals surface area contributed by atoms with Crippen LogP contribution < -0.4 is 11.1 Å². The first-order valence-corrected chi connectivity index (χ1v) is 4.58. The predicted molar refractivity (Wildman–Crippen MR) is 48.3 cm³/mol. The van der Waals surface area contributed by atoms with E-state index in [0.717, 1.165) is 6.42 Å². The third-order valence-corrected chi connectivity index (χ3v) is 2.07. The third-order valence-electron chi connectivity index (χ3n) is 2.07. The average molecular weight is 201 g/mol. The zero-order valence-electron chi connectivity index (χ0n) is 8.06. The van der Waals surface area contributed by atoms with E-state index in [0.29, 0.717) is 5.06 Å². The van der Waals surface area contributed by atoms with Gasteiger partial charge in [0, 0.05) is 18.5 Å². The van der Waals surface area contributed by atoms with Crippen LogP contribution in [0.2, 0.25) is 0 Å². The van der Waals surface area contributed by atoms with Gasteiger partial charge in [-0.2, -0.15) is 0 Å². The Kier molecular flexibility index (Phi) is 3.43. The topological polar surface area (TPSA) is 95.7 Å². The smallest absolute Gasteiger partial charge is 0.246 e. The lowest BCUT2D eigenvalue weighted by atomic mass is 10.4. The highest BCUT2D eigenvalue weighted by atomic mass is 16.5. The van der Waals surface area contributed by atoms with Gasteiger partial charge in [-0.05, 0) is 6.42 Å². The summed E-state index contributed by atoms with van der Waals surface area (Å²) in [6.07, 6.45) is 0.936. The molecule has 2 amide bonds. The van der Waals surface area contributed by atoms with Crippen LogP contribution in [-0.4, -0.2) is 40.7 Å². The molecule has 2 atom stereocenters. The predicted octanol–water partition coefficient (Wildman–Crippen LogP) is -1.17. The van der Waals surface area contributed by atoms with E-state index in [4.69, 9.17) is 10.9 Å². The van der Waals surface area contributed by atoms with Gasteiger partial charge >= 0.3 is 0 Å². The molecule has 14 heavy (non-hydrogen) atoms. The van der Waals surface area contributed by atoms with Crippen molar-refractivity contribution in [1.29, 1.82) is 0 Å². The number of rotatable bonds is 4. The molecule has 1 saturated carbocycles. The van der Waals surface area contributed by atoms with Gasteiger partial charge in [0.1, 0.15) is 6.54 Å². The molecule has 0 aromatic rings. The Morgan fingerprint density at radius 3 is 2.64 bits per heavy atom. The van der Waals surface area contributed by atoms with Gasteiger partial charge in [-0.3, -0.25) is 14.8 Å². The van der Waals surface area contributed by atoms with Gasteiger partial charge in [-0.1, -0.05) is 6.92 Å². The molecule has 0 aliphatic heterocycles. The van der Waals surface area contributed by atoms with Crippen LogP contribution in [0.5, 0.6) is 0 Å². The molecule has 0 spiro atoms. The zero-order chi connectivity index (χ0) is 10.7. The highest BCUT2D eigenvalue weighted by Gasteiger charge is 2.34. The molecule has 1 fully saturated rings. The van der Waals surface area contributed by atoms with Crippen LogP contribution in [-0.2, 0) is 9.59 Å². The molecule has 80 valence electrons. The summed E-state index contributed by atoms with van der Waals surface area (Å²) in [6.45, 7) is 1.29. The fourth-order valence-electron chi connectivity index (χ4n) is 1.04. The molecule has 0 bridgehead atoms. The van der Waals surface area contributed by atoms with Crippen LogP contribution in [0.25, 0.3) is 0 Å². The second-order valence-electron chi connectivity index (χ2n) is 3.38. The largest absolute Gasteiger partial charge is 0.350 e. The minimum absolute atomic E-state index is 0.00706. The lowest BCUT2D eigenvalue weighted by Crippen LogP contribution is -2.40. The lowest BCUT2D eigenvalue weighted by Gasteiger charge is -2.13. The molecule has 0 radical (unpaired) electrons. The van der Waals surface area contributed by atoms with Crippen molar-refractivity contribution in [2.45, 2.75) is 31.8 Å². The van der Waals surface area contributed by atoms with Crippen LogP contribution >= 0.6 is 0 Å². The number of carbonyl (C=O) groups excluding carboxylic acids is 2. The van der Waals surface area contributed by atoms with E-state index in [1.54, 1.807) is 6.92 Å². The average Bonchev–Trinajstić information content (AvgIpc) is 2.79. The Labute approximate surface area is 82.0 Å². The van der Waals surface area contributed by atoms with Crippen LogP contribution in [0.1, 0.15) is 19.8 Å². The van der Waals surface area contributed by atoms with Gasteiger partial charge in [-0.15, -0.1) is 0 Å². The van der Waals surface area contributed by atoms with E-state index in [1.807, 2.05) is 0 Å². The Balaban J connectivity index is 2.22. The van der Waals surface area contributed by atoms with Gasteiger partial charge in [0.2, 0.25) is 11.8 Å². The number of hydroxylamine groups is 2. The Morgan fingerprint density at radius 1 is 1.64 bits per heavy atom. The second-order valence-corrected chi connectivity index (χ2v) is 3.38. The summed E-state index contributed by atoms with van der Waals surface area (Å²) in [5, 5.41) is 12.1. The Morgan fingerprint density at radius 2 is 2.21 bits per heavy atom. The molecule has 6 heteroatoms. The lowest BCUT2D eigenvalue weighted by molar-refractivity contribution is -0.168. The molecule has 0 aromatic carbocycles. The van der Waals surface area contributed by atoms with Crippen molar-refractivity contribution in [3.05, 3.63) is 0 Å². The fourth-order valence-corrected chi connectivity index (χ4v) is 1.04. The van der Waals surface area contributed by atoms with Gasteiger partial charge in [0.15, 0.2) is 0 Å². The normalized spacial score (nSPS) is 24.2. The van der Waals surface area contributed by atoms with Crippen molar-refractivity contribution in [2.24, 2.45) is 5.73 Å². The number of nitrogens with one attached hydrogen (secondary N) is 1. The number of amides is 2. The van der Waals surface area contributed by atoms with E-state index in [9.17, 15) is 9.59 Å². The van der Waals surface area contributed by atoms with Crippen molar-refractivity contribution in [2.75, 3.05) is 6.54 Å². The van der Waals surface area contributed by atoms with E-state index < -0.39 is 5.91 Å². The molecule has 0 heterocycles. The first kappa shape index (κ1) is 10.9. The molecule has 1 aliphatic carbocycles. The number of nitrogens with two attached hydrogens (primary N) is 1. The maximum atomic E-state index is 11.1. The second kappa shape index (κ2) is 4.39. The molecule has 0 aromatic heterocycles. The fraction of sp³-hybridized carbons (Fsp3) is 0.750. The standard InChI is InChI=1S/C8H15N3O3/c1-2-8(13)11(14)4-7(12)10-6-3-5(6)9/h5-6,14H,2-4,9H2,1H3,(H,10,12). The molecule has 2 unspecified atom stereocenters. The first-order valence-electron chi connectivity index (χ1n) is 4.58. The van der Waals surface area contributed by atoms with E-state index in [-0.39, 0.29) is 31.0 Å². The Hall–Kier alpha value is -1.14. The van der Waals surface area contributed by atoms with E-state index in [2.05, 4.69) is 5.32 Å². The molecule has 1 rings (SSSR count). The summed E-state index contributed by atoms with van der Waals surface area (Å²) in [7, 11) is 0. The highest BCUT2D eigenvalue weighted by Crippen LogP contribution is 2.17. The summed E-state index contributed by atoms with van der Waals surface area (Å²) in [5.41, 5.74) is 5.47. The van der Waals surface area contributed by atoms with Crippen molar-refractivity contribution in [3.63, 3.8) is 0 Å². The SMILES string of the molecule is CCC(=O)N(O)CC(=O)NC1CC1N. The molecule has 6 nitrogen and oxygen atoms in total. The number of hydrogen-bond acceptors (Lipinski definition) is 4. The maximum Gasteiger partial charge on any atom is 0.246 e. The molecule has 0 saturated heterocycles. The molecule has 1 aliphatic rings. The molecule has 4 N–H and O–H groups in total. The molecular weight excluding hydrogens is 186 g/mol. The minimum Gasteiger partial charge on any atom is -0.350 e. The summed E-state index contributed by atoms with van der Waals surface area (Å²) in [6, 6.07) is 0.0283. The summed E-state index contributed by atoms with van der Waals surface area (Å²) in [4.78, 5) is 22.0. The van der Waals surface area contributed by atoms with Gasteiger partial charge in [-0.25, -0.2) is 5.06 Å². The number of nitrogens with zero attached hydrogens (tertiary/aromatic N) is 1.